The lowest BCUT2D eigenvalue weighted by Gasteiger charge is -2.28. The Bertz CT molecular complexity index is 910. The van der Waals surface area contributed by atoms with Gasteiger partial charge < -0.3 is 4.90 Å². The third kappa shape index (κ3) is 3.57. The number of anilines is 1. The monoisotopic (exact) mass is 409 g/mol. The van der Waals surface area contributed by atoms with Crippen molar-refractivity contribution in [1.82, 2.24) is 0 Å². The summed E-state index contributed by atoms with van der Waals surface area (Å²) in [4.78, 5) is 14.3. The average Bonchev–Trinajstić information content (AvgIpc) is 2.89. The second kappa shape index (κ2) is 6.49. The first-order valence-corrected chi connectivity index (χ1v) is 9.62. The predicted octanol–water partition coefficient (Wildman–Crippen LogP) is 3.55. The summed E-state index contributed by atoms with van der Waals surface area (Å²) in [7, 11) is -3.34. The van der Waals surface area contributed by atoms with Crippen molar-refractivity contribution in [2.45, 2.75) is 6.04 Å². The number of halogens is 2. The van der Waals surface area contributed by atoms with Crippen molar-refractivity contribution < 1.29 is 17.6 Å². The van der Waals surface area contributed by atoms with Crippen LogP contribution in [0.15, 0.2) is 64.5 Å². The van der Waals surface area contributed by atoms with E-state index in [0.29, 0.717) is 5.69 Å². The molecule has 0 spiro atoms. The molecular formula is C17H13BrFNO3S. The minimum Gasteiger partial charge on any atom is -0.300 e. The number of hydrogen-bond donors (Lipinski definition) is 0. The summed E-state index contributed by atoms with van der Waals surface area (Å²) in [5, 5.41) is 1.11. The van der Waals surface area contributed by atoms with E-state index in [1.807, 2.05) is 0 Å². The molecular weight excluding hydrogens is 397 g/mol. The highest BCUT2D eigenvalue weighted by Gasteiger charge is 2.32. The van der Waals surface area contributed by atoms with Crippen molar-refractivity contribution in [3.8, 4) is 0 Å². The summed E-state index contributed by atoms with van der Waals surface area (Å²) in [5.74, 6) is -1.17. The van der Waals surface area contributed by atoms with Crippen LogP contribution in [0.1, 0.15) is 10.4 Å². The van der Waals surface area contributed by atoms with Crippen LogP contribution in [0.5, 0.6) is 0 Å². The lowest BCUT2D eigenvalue weighted by molar-refractivity contribution is 0.0982. The number of carbonyl (C=O) groups is 1. The number of carbonyl (C=O) groups excluding carboxylic acids is 1. The van der Waals surface area contributed by atoms with E-state index in [9.17, 15) is 17.6 Å². The van der Waals surface area contributed by atoms with Crippen LogP contribution in [-0.2, 0) is 9.84 Å². The van der Waals surface area contributed by atoms with Crippen molar-refractivity contribution >= 4 is 37.4 Å². The molecule has 0 unspecified atom stereocenters. The van der Waals surface area contributed by atoms with Crippen LogP contribution in [0.25, 0.3) is 0 Å². The summed E-state index contributed by atoms with van der Waals surface area (Å²) >= 11 is 3.32. The van der Waals surface area contributed by atoms with E-state index < -0.39 is 27.6 Å². The third-order valence-corrected chi connectivity index (χ3v) is 5.54. The first-order chi connectivity index (χ1) is 11.4. The van der Waals surface area contributed by atoms with E-state index in [2.05, 4.69) is 15.9 Å². The molecule has 4 nitrogen and oxygen atoms in total. The molecule has 1 aliphatic rings. The molecule has 7 heteroatoms. The molecule has 0 fully saturated rings. The highest BCUT2D eigenvalue weighted by Crippen LogP contribution is 2.26. The molecule has 0 bridgehead atoms. The summed E-state index contributed by atoms with van der Waals surface area (Å²) < 4.78 is 37.8. The lowest BCUT2D eigenvalue weighted by atomic mass is 10.1. The highest BCUT2D eigenvalue weighted by atomic mass is 79.9. The number of nitrogens with zero attached hydrogens (tertiary/aromatic N) is 1. The predicted molar refractivity (Wildman–Crippen MR) is 94.1 cm³/mol. The van der Waals surface area contributed by atoms with Gasteiger partial charge >= 0.3 is 0 Å². The minimum absolute atomic E-state index is 0.163. The van der Waals surface area contributed by atoms with E-state index in [-0.39, 0.29) is 11.3 Å². The Hall–Kier alpha value is -1.99. The van der Waals surface area contributed by atoms with Crippen LogP contribution in [0.2, 0.25) is 0 Å². The molecule has 0 N–H and O–H groups in total. The van der Waals surface area contributed by atoms with Gasteiger partial charge in [0.2, 0.25) is 0 Å². The molecule has 1 heterocycles. The largest absolute Gasteiger partial charge is 0.300 e. The van der Waals surface area contributed by atoms with E-state index in [4.69, 9.17) is 0 Å². The zero-order valence-corrected chi connectivity index (χ0v) is 14.8. The number of benzene rings is 2. The maximum atomic E-state index is 13.5. The Morgan fingerprint density at radius 2 is 1.88 bits per heavy atom. The third-order valence-electron chi connectivity index (χ3n) is 3.64. The molecule has 124 valence electrons. The van der Waals surface area contributed by atoms with Crippen LogP contribution in [0, 0.1) is 5.82 Å². The fraction of sp³-hybridized carbons (Fsp3) is 0.118. The molecule has 1 aliphatic heterocycles. The molecule has 0 aromatic heterocycles. The van der Waals surface area contributed by atoms with Gasteiger partial charge in [0, 0.05) is 21.1 Å². The van der Waals surface area contributed by atoms with E-state index in [1.165, 1.54) is 29.2 Å². The molecule has 1 amide bonds. The van der Waals surface area contributed by atoms with Crippen LogP contribution in [0.3, 0.4) is 0 Å². The van der Waals surface area contributed by atoms with Gasteiger partial charge in [0.1, 0.15) is 5.82 Å². The smallest absolute Gasteiger partial charge is 0.258 e. The molecule has 24 heavy (non-hydrogen) atoms. The minimum atomic E-state index is -3.34. The Labute approximate surface area is 147 Å². The molecule has 2 aromatic carbocycles. The lowest BCUT2D eigenvalue weighted by Crippen LogP contribution is -2.41. The van der Waals surface area contributed by atoms with Gasteiger partial charge in [0.15, 0.2) is 9.84 Å². The second-order valence-corrected chi connectivity index (χ2v) is 8.23. The molecule has 0 saturated heterocycles. The topological polar surface area (TPSA) is 54.5 Å². The quantitative estimate of drug-likeness (QED) is 0.778. The maximum absolute atomic E-state index is 13.5. The molecule has 0 radical (unpaired) electrons. The molecule has 0 aliphatic carbocycles. The number of rotatable bonds is 3. The van der Waals surface area contributed by atoms with Gasteiger partial charge in [-0.05, 0) is 48.5 Å². The fourth-order valence-corrected chi connectivity index (χ4v) is 4.07. The summed E-state index contributed by atoms with van der Waals surface area (Å²) in [6.07, 6.45) is 1.48. The Morgan fingerprint density at radius 1 is 1.17 bits per heavy atom. The van der Waals surface area contributed by atoms with Crippen LogP contribution >= 0.6 is 15.9 Å². The van der Waals surface area contributed by atoms with Gasteiger partial charge in [0.05, 0.1) is 11.8 Å². The standard InChI is InChI=1S/C17H13BrFNO3S/c18-13-4-6-15(7-5-13)20(16-8-9-24(22,23)11-16)17(21)12-2-1-3-14(19)10-12/h1-10,16H,11H2/t16-/m0/s1. The van der Waals surface area contributed by atoms with Crippen molar-refractivity contribution in [3.63, 3.8) is 0 Å². The van der Waals surface area contributed by atoms with Crippen molar-refractivity contribution in [2.75, 3.05) is 10.7 Å². The van der Waals surface area contributed by atoms with Gasteiger partial charge in [-0.3, -0.25) is 4.79 Å². The van der Waals surface area contributed by atoms with Crippen molar-refractivity contribution in [3.05, 3.63) is 75.9 Å². The zero-order chi connectivity index (χ0) is 17.3. The van der Waals surface area contributed by atoms with E-state index in [1.54, 1.807) is 24.3 Å². The van der Waals surface area contributed by atoms with Crippen molar-refractivity contribution in [1.29, 1.82) is 0 Å². The normalized spacial score (nSPS) is 18.5. The van der Waals surface area contributed by atoms with Crippen molar-refractivity contribution in [2.24, 2.45) is 0 Å². The Kier molecular flexibility index (Phi) is 4.56. The van der Waals surface area contributed by atoms with Gasteiger partial charge in [-0.1, -0.05) is 22.0 Å². The Morgan fingerprint density at radius 3 is 2.46 bits per heavy atom. The van der Waals surface area contributed by atoms with E-state index >= 15 is 0 Å². The average molecular weight is 410 g/mol. The molecule has 3 rings (SSSR count). The zero-order valence-electron chi connectivity index (χ0n) is 12.4. The summed E-state index contributed by atoms with van der Waals surface area (Å²) in [6.45, 7) is 0. The number of amides is 1. The Balaban J connectivity index is 2.03. The fourth-order valence-electron chi connectivity index (χ4n) is 2.54. The first kappa shape index (κ1) is 16.9. The SMILES string of the molecule is O=C(c1cccc(F)c1)N(c1ccc(Br)cc1)[C@H]1C=CS(=O)(=O)C1. The molecule has 2 aromatic rings. The van der Waals surface area contributed by atoms with Gasteiger partial charge in [-0.15, -0.1) is 0 Å². The van der Waals surface area contributed by atoms with E-state index in [0.717, 1.165) is 15.9 Å². The molecule has 0 saturated carbocycles. The summed E-state index contributed by atoms with van der Waals surface area (Å²) in [6, 6.07) is 11.6. The maximum Gasteiger partial charge on any atom is 0.258 e. The molecule has 1 atom stereocenters. The number of sulfone groups is 1. The van der Waals surface area contributed by atoms with Gasteiger partial charge in [0.25, 0.3) is 5.91 Å². The highest BCUT2D eigenvalue weighted by molar-refractivity contribution is 9.10. The van der Waals surface area contributed by atoms with Gasteiger partial charge in [-0.25, -0.2) is 12.8 Å². The number of hydrogen-bond acceptors (Lipinski definition) is 3. The first-order valence-electron chi connectivity index (χ1n) is 7.11. The van der Waals surface area contributed by atoms with Crippen LogP contribution < -0.4 is 4.90 Å². The van der Waals surface area contributed by atoms with Crippen LogP contribution in [-0.4, -0.2) is 26.1 Å². The summed E-state index contributed by atoms with van der Waals surface area (Å²) in [5.41, 5.74) is 0.704. The van der Waals surface area contributed by atoms with Crippen LogP contribution in [0.4, 0.5) is 10.1 Å². The second-order valence-electron chi connectivity index (χ2n) is 5.39. The van der Waals surface area contributed by atoms with Gasteiger partial charge in [-0.2, -0.15) is 0 Å².